The molecule has 1 aliphatic rings. The van der Waals surface area contributed by atoms with Crippen LogP contribution in [0.2, 0.25) is 0 Å². The Morgan fingerprint density at radius 2 is 2.00 bits per heavy atom. The van der Waals surface area contributed by atoms with Crippen molar-refractivity contribution in [2.75, 3.05) is 36.6 Å². The van der Waals surface area contributed by atoms with E-state index in [4.69, 9.17) is 4.74 Å². The zero-order valence-electron chi connectivity index (χ0n) is 12.4. The number of benzene rings is 1. The minimum atomic E-state index is 0.806. The van der Waals surface area contributed by atoms with Crippen molar-refractivity contribution in [2.24, 2.45) is 5.10 Å². The normalized spacial score (nSPS) is 15.6. The van der Waals surface area contributed by atoms with Gasteiger partial charge in [0.1, 0.15) is 0 Å². The van der Waals surface area contributed by atoms with Gasteiger partial charge in [0, 0.05) is 18.0 Å². The number of nitrogens with zero attached hydrogens (tertiary/aromatic N) is 3. The highest BCUT2D eigenvalue weighted by Gasteiger charge is 2.12. The second kappa shape index (κ2) is 6.66. The molecule has 2 aromatic heterocycles. The van der Waals surface area contributed by atoms with Gasteiger partial charge in [0.15, 0.2) is 0 Å². The van der Waals surface area contributed by atoms with E-state index in [1.165, 1.54) is 5.00 Å². The fraction of sp³-hybridized carbons (Fsp3) is 0.250. The van der Waals surface area contributed by atoms with Gasteiger partial charge in [-0.15, -0.1) is 11.3 Å². The minimum absolute atomic E-state index is 0.806. The Labute approximate surface area is 142 Å². The number of morpholine rings is 1. The molecule has 0 radical (unpaired) electrons. The molecule has 0 unspecified atom stereocenters. The Bertz CT molecular complexity index is 787. The number of fused-ring (bicyclic) bond motifs is 1. The van der Waals surface area contributed by atoms with E-state index in [9.17, 15) is 0 Å². The average molecular weight is 344 g/mol. The fourth-order valence-electron chi connectivity index (χ4n) is 2.44. The molecule has 0 amide bonds. The van der Waals surface area contributed by atoms with Gasteiger partial charge in [0.05, 0.1) is 34.6 Å². The molecule has 3 aromatic rings. The summed E-state index contributed by atoms with van der Waals surface area (Å²) in [5, 5.41) is 6.39. The van der Waals surface area contributed by atoms with Crippen molar-refractivity contribution in [3.05, 3.63) is 41.3 Å². The van der Waals surface area contributed by atoms with Gasteiger partial charge in [0.2, 0.25) is 5.13 Å². The summed E-state index contributed by atoms with van der Waals surface area (Å²) >= 11 is 3.35. The van der Waals surface area contributed by atoms with Crippen LogP contribution in [0.25, 0.3) is 10.2 Å². The Hall–Kier alpha value is -1.96. The number of hydrogen-bond acceptors (Lipinski definition) is 7. The summed E-state index contributed by atoms with van der Waals surface area (Å²) in [6, 6.07) is 12.3. The average Bonchev–Trinajstić information content (AvgIpc) is 3.22. The second-order valence-corrected chi connectivity index (χ2v) is 7.26. The maximum Gasteiger partial charge on any atom is 0.204 e. The molecule has 1 N–H and O–H groups in total. The van der Waals surface area contributed by atoms with Gasteiger partial charge >= 0.3 is 0 Å². The van der Waals surface area contributed by atoms with Crippen LogP contribution in [0, 0.1) is 0 Å². The first kappa shape index (κ1) is 14.6. The van der Waals surface area contributed by atoms with Crippen LogP contribution in [0.5, 0.6) is 0 Å². The van der Waals surface area contributed by atoms with Gasteiger partial charge in [0.25, 0.3) is 0 Å². The number of rotatable bonds is 4. The summed E-state index contributed by atoms with van der Waals surface area (Å²) in [6.07, 6.45) is 1.85. The standard InChI is InChI=1S/C16H16N4OS2/c1-2-4-14-13(3-1)18-16(23-14)19-17-11-12-5-6-15(22-12)20-7-9-21-10-8-20/h1-6,11H,7-10H2,(H,18,19). The topological polar surface area (TPSA) is 49.8 Å². The van der Waals surface area contributed by atoms with Crippen molar-refractivity contribution >= 4 is 49.2 Å². The van der Waals surface area contributed by atoms with Crippen LogP contribution in [0.1, 0.15) is 4.88 Å². The van der Waals surface area contributed by atoms with Crippen LogP contribution in [-0.4, -0.2) is 37.5 Å². The molecule has 0 bridgehead atoms. The lowest BCUT2D eigenvalue weighted by molar-refractivity contribution is 0.123. The molecule has 23 heavy (non-hydrogen) atoms. The molecule has 1 fully saturated rings. The molecule has 0 saturated carbocycles. The van der Waals surface area contributed by atoms with E-state index in [1.807, 2.05) is 24.4 Å². The van der Waals surface area contributed by atoms with E-state index < -0.39 is 0 Å². The van der Waals surface area contributed by atoms with Crippen LogP contribution in [0.15, 0.2) is 41.5 Å². The number of hydrogen-bond donors (Lipinski definition) is 1. The van der Waals surface area contributed by atoms with Gasteiger partial charge in [-0.05, 0) is 24.3 Å². The number of thiophene rings is 1. The molecule has 0 spiro atoms. The molecule has 0 atom stereocenters. The highest BCUT2D eigenvalue weighted by molar-refractivity contribution is 7.22. The Morgan fingerprint density at radius 1 is 1.13 bits per heavy atom. The minimum Gasteiger partial charge on any atom is -0.378 e. The lowest BCUT2D eigenvalue weighted by atomic mass is 10.3. The third-order valence-electron chi connectivity index (χ3n) is 3.58. The van der Waals surface area contributed by atoms with Crippen molar-refractivity contribution in [1.82, 2.24) is 4.98 Å². The van der Waals surface area contributed by atoms with Crippen molar-refractivity contribution in [3.8, 4) is 0 Å². The van der Waals surface area contributed by atoms with E-state index in [0.29, 0.717) is 0 Å². The third-order valence-corrected chi connectivity index (χ3v) is 5.60. The Kier molecular flexibility index (Phi) is 4.23. The van der Waals surface area contributed by atoms with Gasteiger partial charge in [-0.1, -0.05) is 23.5 Å². The fourth-order valence-corrected chi connectivity index (χ4v) is 4.18. The van der Waals surface area contributed by atoms with Gasteiger partial charge < -0.3 is 9.64 Å². The Balaban J connectivity index is 1.41. The first-order chi connectivity index (χ1) is 11.4. The van der Waals surface area contributed by atoms with E-state index in [-0.39, 0.29) is 0 Å². The number of aromatic nitrogens is 1. The number of thiazole rings is 1. The van der Waals surface area contributed by atoms with Gasteiger partial charge in [-0.2, -0.15) is 5.10 Å². The summed E-state index contributed by atoms with van der Waals surface area (Å²) < 4.78 is 6.55. The SMILES string of the molecule is C(=NNc1nc2ccccc2s1)c1ccc(N2CCOCC2)s1. The molecular weight excluding hydrogens is 328 g/mol. The first-order valence-corrected chi connectivity index (χ1v) is 9.09. The van der Waals surface area contributed by atoms with Crippen molar-refractivity contribution < 1.29 is 4.74 Å². The number of nitrogens with one attached hydrogen (secondary N) is 1. The molecule has 3 heterocycles. The van der Waals surface area contributed by atoms with E-state index in [0.717, 1.165) is 46.5 Å². The Morgan fingerprint density at radius 3 is 2.87 bits per heavy atom. The van der Waals surface area contributed by atoms with Crippen LogP contribution in [-0.2, 0) is 4.74 Å². The highest BCUT2D eigenvalue weighted by atomic mass is 32.1. The lowest BCUT2D eigenvalue weighted by Crippen LogP contribution is -2.35. The van der Waals surface area contributed by atoms with Gasteiger partial charge in [-0.25, -0.2) is 4.98 Å². The largest absolute Gasteiger partial charge is 0.378 e. The zero-order chi connectivity index (χ0) is 15.5. The van der Waals surface area contributed by atoms with Crippen molar-refractivity contribution in [3.63, 3.8) is 0 Å². The van der Waals surface area contributed by atoms with Crippen molar-refractivity contribution in [1.29, 1.82) is 0 Å². The summed E-state index contributed by atoms with van der Waals surface area (Å²) in [4.78, 5) is 7.98. The maximum absolute atomic E-state index is 5.39. The molecule has 0 aliphatic carbocycles. The highest BCUT2D eigenvalue weighted by Crippen LogP contribution is 2.27. The number of hydrazone groups is 1. The number of ether oxygens (including phenoxy) is 1. The quantitative estimate of drug-likeness (QED) is 0.580. The molecule has 1 aliphatic heterocycles. The molecular formula is C16H16N4OS2. The second-order valence-electron chi connectivity index (χ2n) is 5.13. The molecule has 7 heteroatoms. The van der Waals surface area contributed by atoms with Crippen LogP contribution < -0.4 is 10.3 Å². The third kappa shape index (κ3) is 3.36. The molecule has 1 aromatic carbocycles. The molecule has 1 saturated heterocycles. The zero-order valence-corrected chi connectivity index (χ0v) is 14.1. The van der Waals surface area contributed by atoms with Crippen LogP contribution in [0.3, 0.4) is 0 Å². The smallest absolute Gasteiger partial charge is 0.204 e. The van der Waals surface area contributed by atoms with Crippen LogP contribution >= 0.6 is 22.7 Å². The monoisotopic (exact) mass is 344 g/mol. The van der Waals surface area contributed by atoms with Crippen molar-refractivity contribution in [2.45, 2.75) is 0 Å². The van der Waals surface area contributed by atoms with E-state index in [2.05, 4.69) is 38.6 Å². The maximum atomic E-state index is 5.39. The number of anilines is 2. The summed E-state index contributed by atoms with van der Waals surface area (Å²) in [5.41, 5.74) is 4.02. The van der Waals surface area contributed by atoms with Crippen LogP contribution in [0.4, 0.5) is 10.1 Å². The first-order valence-electron chi connectivity index (χ1n) is 7.46. The predicted molar refractivity (Wildman–Crippen MR) is 98.2 cm³/mol. The van der Waals surface area contributed by atoms with E-state index >= 15 is 0 Å². The van der Waals surface area contributed by atoms with E-state index in [1.54, 1.807) is 22.7 Å². The molecule has 4 rings (SSSR count). The predicted octanol–water partition coefficient (Wildman–Crippen LogP) is 3.64. The summed E-state index contributed by atoms with van der Waals surface area (Å²) in [7, 11) is 0. The number of para-hydroxylation sites is 1. The summed E-state index contributed by atoms with van der Waals surface area (Å²) in [5.74, 6) is 0. The summed E-state index contributed by atoms with van der Waals surface area (Å²) in [6.45, 7) is 3.53. The van der Waals surface area contributed by atoms with Gasteiger partial charge in [-0.3, -0.25) is 5.43 Å². The lowest BCUT2D eigenvalue weighted by Gasteiger charge is -2.27. The molecule has 5 nitrogen and oxygen atoms in total. The molecule has 118 valence electrons.